The molecule has 0 aliphatic rings. The van der Waals surface area contributed by atoms with Crippen molar-refractivity contribution in [3.05, 3.63) is 58.1 Å². The predicted octanol–water partition coefficient (Wildman–Crippen LogP) is 4.58. The van der Waals surface area contributed by atoms with Crippen LogP contribution in [-0.2, 0) is 6.54 Å². The summed E-state index contributed by atoms with van der Waals surface area (Å²) >= 11 is 6.11. The summed E-state index contributed by atoms with van der Waals surface area (Å²) in [5.74, 6) is 0.694. The number of anilines is 1. The number of rotatable bonds is 4. The molecule has 0 saturated heterocycles. The van der Waals surface area contributed by atoms with Gasteiger partial charge in [-0.3, -0.25) is 0 Å². The maximum atomic E-state index is 6.11. The van der Waals surface area contributed by atoms with Crippen LogP contribution in [0.15, 0.2) is 36.4 Å². The van der Waals surface area contributed by atoms with Crippen molar-refractivity contribution in [2.75, 3.05) is 12.4 Å². The second-order valence-electron chi connectivity index (χ2n) is 4.57. The number of hydrogen-bond acceptors (Lipinski definition) is 2. The van der Waals surface area contributed by atoms with Crippen molar-refractivity contribution in [2.24, 2.45) is 0 Å². The number of aryl methyl sites for hydroxylation is 2. The third-order valence-electron chi connectivity index (χ3n) is 3.27. The fourth-order valence-corrected chi connectivity index (χ4v) is 2.35. The first-order valence-electron chi connectivity index (χ1n) is 6.24. The summed E-state index contributed by atoms with van der Waals surface area (Å²) < 4.78 is 5.14. The van der Waals surface area contributed by atoms with Gasteiger partial charge in [-0.2, -0.15) is 0 Å². The normalized spacial score (nSPS) is 10.3. The summed E-state index contributed by atoms with van der Waals surface area (Å²) in [6.07, 6.45) is 0. The van der Waals surface area contributed by atoms with Crippen molar-refractivity contribution >= 4 is 17.3 Å². The Bertz CT molecular complexity index is 561. The van der Waals surface area contributed by atoms with Crippen LogP contribution in [0.5, 0.6) is 5.75 Å². The third kappa shape index (κ3) is 3.21. The Labute approximate surface area is 119 Å². The highest BCUT2D eigenvalue weighted by Crippen LogP contribution is 2.27. The predicted molar refractivity (Wildman–Crippen MR) is 81.2 cm³/mol. The van der Waals surface area contributed by atoms with Gasteiger partial charge in [0.1, 0.15) is 5.75 Å². The maximum Gasteiger partial charge on any atom is 0.137 e. The highest BCUT2D eigenvalue weighted by Gasteiger charge is 2.04. The van der Waals surface area contributed by atoms with E-state index in [1.54, 1.807) is 7.11 Å². The van der Waals surface area contributed by atoms with Gasteiger partial charge in [0.2, 0.25) is 0 Å². The van der Waals surface area contributed by atoms with E-state index in [1.807, 2.05) is 18.2 Å². The summed E-state index contributed by atoms with van der Waals surface area (Å²) in [6.45, 7) is 5.05. The van der Waals surface area contributed by atoms with Gasteiger partial charge in [-0.1, -0.05) is 29.8 Å². The second-order valence-corrected chi connectivity index (χ2v) is 4.98. The van der Waals surface area contributed by atoms with Crippen LogP contribution in [0.3, 0.4) is 0 Å². The van der Waals surface area contributed by atoms with E-state index in [0.717, 1.165) is 12.2 Å². The molecule has 0 aromatic heterocycles. The fraction of sp³-hybridized carbons (Fsp3) is 0.250. The van der Waals surface area contributed by atoms with Crippen LogP contribution in [0.1, 0.15) is 16.7 Å². The molecule has 19 heavy (non-hydrogen) atoms. The summed E-state index contributed by atoms with van der Waals surface area (Å²) in [5.41, 5.74) is 4.92. The largest absolute Gasteiger partial charge is 0.495 e. The Morgan fingerprint density at radius 1 is 1.11 bits per heavy atom. The Morgan fingerprint density at radius 2 is 1.79 bits per heavy atom. The summed E-state index contributed by atoms with van der Waals surface area (Å²) in [6, 6.07) is 12.1. The van der Waals surface area contributed by atoms with E-state index in [9.17, 15) is 0 Å². The molecule has 0 spiro atoms. The van der Waals surface area contributed by atoms with Crippen LogP contribution in [0.25, 0.3) is 0 Å². The van der Waals surface area contributed by atoms with Crippen LogP contribution in [0, 0.1) is 13.8 Å². The molecule has 0 amide bonds. The first-order valence-corrected chi connectivity index (χ1v) is 6.62. The van der Waals surface area contributed by atoms with E-state index < -0.39 is 0 Å². The van der Waals surface area contributed by atoms with E-state index in [2.05, 4.69) is 37.4 Å². The summed E-state index contributed by atoms with van der Waals surface area (Å²) in [5, 5.41) is 4.01. The number of nitrogens with one attached hydrogen (secondary N) is 1. The minimum Gasteiger partial charge on any atom is -0.495 e. The molecule has 3 heteroatoms. The van der Waals surface area contributed by atoms with Gasteiger partial charge in [0.25, 0.3) is 0 Å². The monoisotopic (exact) mass is 275 g/mol. The smallest absolute Gasteiger partial charge is 0.137 e. The number of methoxy groups -OCH3 is 1. The Kier molecular flexibility index (Phi) is 4.33. The van der Waals surface area contributed by atoms with Crippen molar-refractivity contribution in [3.63, 3.8) is 0 Å². The lowest BCUT2D eigenvalue weighted by Crippen LogP contribution is -2.03. The number of benzene rings is 2. The van der Waals surface area contributed by atoms with Gasteiger partial charge < -0.3 is 10.1 Å². The van der Waals surface area contributed by atoms with Crippen LogP contribution >= 0.6 is 11.6 Å². The Morgan fingerprint density at radius 3 is 2.37 bits per heavy atom. The van der Waals surface area contributed by atoms with Gasteiger partial charge in [-0.25, -0.2) is 0 Å². The standard InChI is InChI=1S/C16H18ClNO/c1-11-5-4-6-12(2)14(11)10-18-13-7-8-16(19-3)15(17)9-13/h4-9,18H,10H2,1-3H3. The molecule has 0 radical (unpaired) electrons. The molecule has 0 bridgehead atoms. The second kappa shape index (κ2) is 5.98. The van der Waals surface area contributed by atoms with Crippen LogP contribution in [0.2, 0.25) is 5.02 Å². The molecule has 1 N–H and O–H groups in total. The summed E-state index contributed by atoms with van der Waals surface area (Å²) in [4.78, 5) is 0. The summed E-state index contributed by atoms with van der Waals surface area (Å²) in [7, 11) is 1.62. The lowest BCUT2D eigenvalue weighted by atomic mass is 10.0. The van der Waals surface area contributed by atoms with E-state index in [4.69, 9.17) is 16.3 Å². The Hall–Kier alpha value is -1.67. The molecule has 0 fully saturated rings. The Balaban J connectivity index is 2.13. The first-order chi connectivity index (χ1) is 9.11. The lowest BCUT2D eigenvalue weighted by molar-refractivity contribution is 0.415. The van der Waals surface area contributed by atoms with Crippen molar-refractivity contribution in [1.82, 2.24) is 0 Å². The van der Waals surface area contributed by atoms with Crippen LogP contribution in [-0.4, -0.2) is 7.11 Å². The maximum absolute atomic E-state index is 6.11. The lowest BCUT2D eigenvalue weighted by Gasteiger charge is -2.13. The molecule has 0 unspecified atom stereocenters. The van der Waals surface area contributed by atoms with Crippen molar-refractivity contribution in [1.29, 1.82) is 0 Å². The van der Waals surface area contributed by atoms with Crippen molar-refractivity contribution < 1.29 is 4.74 Å². The van der Waals surface area contributed by atoms with Gasteiger partial charge in [-0.15, -0.1) is 0 Å². The third-order valence-corrected chi connectivity index (χ3v) is 3.56. The quantitative estimate of drug-likeness (QED) is 0.882. The minimum atomic E-state index is 0.619. The molecule has 0 saturated carbocycles. The molecule has 100 valence electrons. The van der Waals surface area contributed by atoms with Gasteiger partial charge in [-0.05, 0) is 48.7 Å². The van der Waals surface area contributed by atoms with Gasteiger partial charge >= 0.3 is 0 Å². The number of ether oxygens (including phenoxy) is 1. The fourth-order valence-electron chi connectivity index (χ4n) is 2.09. The highest BCUT2D eigenvalue weighted by molar-refractivity contribution is 6.32. The molecule has 0 heterocycles. The van der Waals surface area contributed by atoms with E-state index >= 15 is 0 Å². The van der Waals surface area contributed by atoms with E-state index in [0.29, 0.717) is 10.8 Å². The van der Waals surface area contributed by atoms with Crippen molar-refractivity contribution in [3.8, 4) is 5.75 Å². The topological polar surface area (TPSA) is 21.3 Å². The minimum absolute atomic E-state index is 0.619. The molecule has 0 aliphatic heterocycles. The zero-order valence-corrected chi connectivity index (χ0v) is 12.2. The molecule has 2 nitrogen and oxygen atoms in total. The highest BCUT2D eigenvalue weighted by atomic mass is 35.5. The molecular weight excluding hydrogens is 258 g/mol. The molecule has 2 rings (SSSR count). The van der Waals surface area contributed by atoms with E-state index in [1.165, 1.54) is 16.7 Å². The zero-order chi connectivity index (χ0) is 13.8. The van der Waals surface area contributed by atoms with Crippen molar-refractivity contribution in [2.45, 2.75) is 20.4 Å². The molecule has 0 atom stereocenters. The number of hydrogen-bond donors (Lipinski definition) is 1. The van der Waals surface area contributed by atoms with Gasteiger partial charge in [0.05, 0.1) is 12.1 Å². The van der Waals surface area contributed by atoms with E-state index in [-0.39, 0.29) is 0 Å². The first kappa shape index (κ1) is 13.8. The average Bonchev–Trinajstić information content (AvgIpc) is 2.38. The molecular formula is C16H18ClNO. The SMILES string of the molecule is COc1ccc(NCc2c(C)cccc2C)cc1Cl. The van der Waals surface area contributed by atoms with Crippen LogP contribution < -0.4 is 10.1 Å². The molecule has 2 aromatic rings. The zero-order valence-electron chi connectivity index (χ0n) is 11.5. The average molecular weight is 276 g/mol. The number of halogens is 1. The molecule has 0 aliphatic carbocycles. The molecule has 2 aromatic carbocycles. The van der Waals surface area contributed by atoms with Gasteiger partial charge in [0.15, 0.2) is 0 Å². The van der Waals surface area contributed by atoms with Gasteiger partial charge in [0, 0.05) is 12.2 Å². The van der Waals surface area contributed by atoms with Crippen LogP contribution in [0.4, 0.5) is 5.69 Å².